The number of hydrogen-bond donors (Lipinski definition) is 0. The van der Waals surface area contributed by atoms with E-state index in [1.807, 2.05) is 32.0 Å². The van der Waals surface area contributed by atoms with Crippen molar-refractivity contribution in [2.24, 2.45) is 0 Å². The Morgan fingerprint density at radius 3 is 2.80 bits per heavy atom. The summed E-state index contributed by atoms with van der Waals surface area (Å²) in [5, 5.41) is 0. The summed E-state index contributed by atoms with van der Waals surface area (Å²) in [5.41, 5.74) is 2.54. The molecule has 1 fully saturated rings. The lowest BCUT2D eigenvalue weighted by molar-refractivity contribution is -0.151. The lowest BCUT2D eigenvalue weighted by atomic mass is 10.0. The standard InChI is InChI=1S/C15H19NO4/c1-10-4-5-11(2)12(8-10)14(17)16-6-7-20-9-13(16)15(18)19-3/h4-5,8,13H,6-7,9H2,1-3H3. The zero-order valence-corrected chi connectivity index (χ0v) is 12.0. The van der Waals surface area contributed by atoms with Crippen molar-refractivity contribution >= 4 is 11.9 Å². The van der Waals surface area contributed by atoms with Gasteiger partial charge >= 0.3 is 5.97 Å². The molecular weight excluding hydrogens is 258 g/mol. The second kappa shape index (κ2) is 6.05. The van der Waals surface area contributed by atoms with Gasteiger partial charge in [-0.15, -0.1) is 0 Å². The van der Waals surface area contributed by atoms with Gasteiger partial charge < -0.3 is 14.4 Å². The molecule has 0 aliphatic carbocycles. The summed E-state index contributed by atoms with van der Waals surface area (Å²) < 4.78 is 10.0. The number of amides is 1. The van der Waals surface area contributed by atoms with Crippen LogP contribution in [0.25, 0.3) is 0 Å². The number of carbonyl (C=O) groups excluding carboxylic acids is 2. The molecule has 5 heteroatoms. The third-order valence-corrected chi connectivity index (χ3v) is 3.49. The zero-order valence-electron chi connectivity index (χ0n) is 12.0. The van der Waals surface area contributed by atoms with E-state index in [0.717, 1.165) is 11.1 Å². The van der Waals surface area contributed by atoms with Crippen LogP contribution in [0.2, 0.25) is 0 Å². The Morgan fingerprint density at radius 1 is 1.35 bits per heavy atom. The molecule has 1 heterocycles. The minimum atomic E-state index is -0.666. The quantitative estimate of drug-likeness (QED) is 0.765. The second-order valence-corrected chi connectivity index (χ2v) is 4.93. The van der Waals surface area contributed by atoms with Gasteiger partial charge in [0.25, 0.3) is 5.91 Å². The fourth-order valence-corrected chi connectivity index (χ4v) is 2.30. The van der Waals surface area contributed by atoms with E-state index < -0.39 is 12.0 Å². The van der Waals surface area contributed by atoms with Crippen molar-refractivity contribution < 1.29 is 19.1 Å². The summed E-state index contributed by atoms with van der Waals surface area (Å²) in [7, 11) is 1.32. The van der Waals surface area contributed by atoms with Crippen molar-refractivity contribution in [2.75, 3.05) is 26.9 Å². The summed E-state index contributed by atoms with van der Waals surface area (Å²) in [5.74, 6) is -0.590. The molecule has 0 aromatic heterocycles. The molecule has 0 saturated carbocycles. The molecule has 0 radical (unpaired) electrons. The smallest absolute Gasteiger partial charge is 0.331 e. The van der Waals surface area contributed by atoms with Gasteiger partial charge in [-0.05, 0) is 25.5 Å². The van der Waals surface area contributed by atoms with E-state index in [-0.39, 0.29) is 12.5 Å². The Bertz CT molecular complexity index is 527. The van der Waals surface area contributed by atoms with E-state index in [9.17, 15) is 9.59 Å². The van der Waals surface area contributed by atoms with Crippen molar-refractivity contribution in [3.63, 3.8) is 0 Å². The lowest BCUT2D eigenvalue weighted by Gasteiger charge is -2.34. The van der Waals surface area contributed by atoms with E-state index in [4.69, 9.17) is 9.47 Å². The second-order valence-electron chi connectivity index (χ2n) is 4.93. The number of rotatable bonds is 2. The molecule has 2 rings (SSSR count). The summed E-state index contributed by atoms with van der Waals surface area (Å²) in [6.45, 7) is 4.84. The Kier molecular flexibility index (Phi) is 4.39. The van der Waals surface area contributed by atoms with Crippen molar-refractivity contribution in [3.8, 4) is 0 Å². The van der Waals surface area contributed by atoms with E-state index in [2.05, 4.69) is 0 Å². The molecule has 1 atom stereocenters. The minimum absolute atomic E-state index is 0.148. The first-order valence-corrected chi connectivity index (χ1v) is 6.58. The maximum absolute atomic E-state index is 12.7. The molecule has 1 aromatic rings. The molecule has 108 valence electrons. The zero-order chi connectivity index (χ0) is 14.7. The number of ether oxygens (including phenoxy) is 2. The number of hydrogen-bond acceptors (Lipinski definition) is 4. The molecule has 0 spiro atoms. The number of nitrogens with zero attached hydrogens (tertiary/aromatic N) is 1. The number of benzene rings is 1. The molecule has 1 aliphatic rings. The molecule has 1 aromatic carbocycles. The van der Waals surface area contributed by atoms with Gasteiger partial charge in [-0.3, -0.25) is 4.79 Å². The average molecular weight is 277 g/mol. The summed E-state index contributed by atoms with van der Waals surface area (Å²) >= 11 is 0. The van der Waals surface area contributed by atoms with Crippen LogP contribution in [0.3, 0.4) is 0 Å². The molecule has 1 aliphatic heterocycles. The Hall–Kier alpha value is -1.88. The third-order valence-electron chi connectivity index (χ3n) is 3.49. The number of methoxy groups -OCH3 is 1. The van der Waals surface area contributed by atoms with Gasteiger partial charge in [-0.2, -0.15) is 0 Å². The maximum Gasteiger partial charge on any atom is 0.331 e. The van der Waals surface area contributed by atoms with Crippen LogP contribution < -0.4 is 0 Å². The van der Waals surface area contributed by atoms with E-state index in [1.54, 1.807) is 0 Å². The molecule has 5 nitrogen and oxygen atoms in total. The van der Waals surface area contributed by atoms with E-state index in [0.29, 0.717) is 18.7 Å². The van der Waals surface area contributed by atoms with Crippen molar-refractivity contribution in [1.29, 1.82) is 0 Å². The van der Waals surface area contributed by atoms with Crippen LogP contribution in [0.4, 0.5) is 0 Å². The fourth-order valence-electron chi connectivity index (χ4n) is 2.30. The normalized spacial score (nSPS) is 18.8. The number of aryl methyl sites for hydroxylation is 2. The summed E-state index contributed by atoms with van der Waals surface area (Å²) in [6, 6.07) is 5.06. The predicted octanol–water partition coefficient (Wildman–Crippen LogP) is 1.32. The first kappa shape index (κ1) is 14.5. The van der Waals surface area contributed by atoms with Gasteiger partial charge in [0.05, 0.1) is 20.3 Å². The summed E-state index contributed by atoms with van der Waals surface area (Å²) in [6.07, 6.45) is 0. The number of carbonyl (C=O) groups is 2. The number of esters is 1. The van der Waals surface area contributed by atoms with Gasteiger partial charge in [-0.1, -0.05) is 17.7 Å². The monoisotopic (exact) mass is 277 g/mol. The van der Waals surface area contributed by atoms with Gasteiger partial charge in [0.2, 0.25) is 0 Å². The SMILES string of the molecule is COC(=O)C1COCCN1C(=O)c1cc(C)ccc1C. The highest BCUT2D eigenvalue weighted by Gasteiger charge is 2.34. The molecule has 20 heavy (non-hydrogen) atoms. The van der Waals surface area contributed by atoms with Crippen molar-refractivity contribution in [3.05, 3.63) is 34.9 Å². The highest BCUT2D eigenvalue weighted by molar-refractivity contribution is 5.98. The fraction of sp³-hybridized carbons (Fsp3) is 0.467. The largest absolute Gasteiger partial charge is 0.467 e. The Balaban J connectivity index is 2.30. The van der Waals surface area contributed by atoms with Crippen LogP contribution in [0.1, 0.15) is 21.5 Å². The van der Waals surface area contributed by atoms with Crippen molar-refractivity contribution in [1.82, 2.24) is 4.90 Å². The van der Waals surface area contributed by atoms with Crippen LogP contribution in [0, 0.1) is 13.8 Å². The van der Waals surface area contributed by atoms with Crippen LogP contribution in [-0.4, -0.2) is 49.7 Å². The van der Waals surface area contributed by atoms with Gasteiger partial charge in [0, 0.05) is 12.1 Å². The molecule has 1 unspecified atom stereocenters. The highest BCUT2D eigenvalue weighted by Crippen LogP contribution is 2.17. The van der Waals surface area contributed by atoms with Crippen LogP contribution in [-0.2, 0) is 14.3 Å². The van der Waals surface area contributed by atoms with Crippen LogP contribution in [0.15, 0.2) is 18.2 Å². The first-order chi connectivity index (χ1) is 9.54. The lowest BCUT2D eigenvalue weighted by Crippen LogP contribution is -2.53. The predicted molar refractivity (Wildman–Crippen MR) is 73.6 cm³/mol. The van der Waals surface area contributed by atoms with E-state index >= 15 is 0 Å². The number of morpholine rings is 1. The van der Waals surface area contributed by atoms with E-state index in [1.165, 1.54) is 12.0 Å². The first-order valence-electron chi connectivity index (χ1n) is 6.58. The van der Waals surface area contributed by atoms with Gasteiger partial charge in [0.1, 0.15) is 0 Å². The molecular formula is C15H19NO4. The van der Waals surface area contributed by atoms with Crippen LogP contribution >= 0.6 is 0 Å². The minimum Gasteiger partial charge on any atom is -0.467 e. The van der Waals surface area contributed by atoms with Gasteiger partial charge in [0.15, 0.2) is 6.04 Å². The third kappa shape index (κ3) is 2.82. The molecule has 0 N–H and O–H groups in total. The molecule has 1 saturated heterocycles. The molecule has 0 bridgehead atoms. The van der Waals surface area contributed by atoms with Crippen LogP contribution in [0.5, 0.6) is 0 Å². The molecule has 1 amide bonds. The topological polar surface area (TPSA) is 55.8 Å². The average Bonchev–Trinajstić information content (AvgIpc) is 2.48. The Morgan fingerprint density at radius 2 is 2.10 bits per heavy atom. The summed E-state index contributed by atoms with van der Waals surface area (Å²) in [4.78, 5) is 26.0. The Labute approximate surface area is 118 Å². The van der Waals surface area contributed by atoms with Gasteiger partial charge in [-0.25, -0.2) is 4.79 Å². The van der Waals surface area contributed by atoms with Crippen molar-refractivity contribution in [2.45, 2.75) is 19.9 Å². The highest BCUT2D eigenvalue weighted by atomic mass is 16.5. The maximum atomic E-state index is 12.7.